The Morgan fingerprint density at radius 1 is 1.07 bits per heavy atom. The lowest BCUT2D eigenvalue weighted by molar-refractivity contribution is -0.116. The van der Waals surface area contributed by atoms with E-state index in [1.807, 2.05) is 55.4 Å². The van der Waals surface area contributed by atoms with E-state index < -0.39 is 0 Å². The van der Waals surface area contributed by atoms with Crippen LogP contribution in [0.15, 0.2) is 59.8 Å². The van der Waals surface area contributed by atoms with Crippen molar-refractivity contribution in [3.8, 4) is 17.1 Å². The van der Waals surface area contributed by atoms with Gasteiger partial charge in [-0.05, 0) is 54.8 Å². The molecule has 152 valence electrons. The lowest BCUT2D eigenvalue weighted by Crippen LogP contribution is -2.31. The van der Waals surface area contributed by atoms with Crippen molar-refractivity contribution in [2.75, 3.05) is 24.3 Å². The first-order chi connectivity index (χ1) is 14.5. The maximum Gasteiger partial charge on any atom is 0.226 e. The number of phenolic OH excluding ortho intramolecular Hbond substituents is 1. The van der Waals surface area contributed by atoms with Crippen molar-refractivity contribution in [3.05, 3.63) is 65.4 Å². The molecule has 2 aliphatic rings. The lowest BCUT2D eigenvalue weighted by atomic mass is 9.85. The number of phenols is 1. The number of Topliss-reactive ketones (excluding diaryl/α,β-unsaturated/α-hetero) is 1. The molecular formula is C23H23N5O2. The Morgan fingerprint density at radius 2 is 1.80 bits per heavy atom. The Morgan fingerprint density at radius 3 is 2.50 bits per heavy atom. The van der Waals surface area contributed by atoms with Crippen molar-refractivity contribution in [2.24, 2.45) is 0 Å². The van der Waals surface area contributed by atoms with Gasteiger partial charge in [-0.1, -0.05) is 12.1 Å². The number of benzene rings is 2. The summed E-state index contributed by atoms with van der Waals surface area (Å²) in [6, 6.07) is 14.7. The van der Waals surface area contributed by atoms with Gasteiger partial charge in [-0.3, -0.25) is 4.79 Å². The van der Waals surface area contributed by atoms with Crippen LogP contribution < -0.4 is 10.2 Å². The smallest absolute Gasteiger partial charge is 0.226 e. The number of aromatic hydroxyl groups is 1. The number of nitrogens with one attached hydrogen (secondary N) is 1. The van der Waals surface area contributed by atoms with Gasteiger partial charge in [0.25, 0.3) is 0 Å². The molecule has 7 nitrogen and oxygen atoms in total. The zero-order valence-electron chi connectivity index (χ0n) is 17.0. The molecule has 0 spiro atoms. The third-order valence-electron chi connectivity index (χ3n) is 5.72. The van der Waals surface area contributed by atoms with Gasteiger partial charge in [0.1, 0.15) is 11.8 Å². The molecule has 0 radical (unpaired) electrons. The number of ketones is 1. The van der Waals surface area contributed by atoms with Crippen LogP contribution in [0.1, 0.15) is 30.9 Å². The topological polar surface area (TPSA) is 83.3 Å². The third-order valence-corrected chi connectivity index (χ3v) is 5.72. The van der Waals surface area contributed by atoms with Gasteiger partial charge in [-0.25, -0.2) is 4.68 Å². The summed E-state index contributed by atoms with van der Waals surface area (Å²) in [6.45, 7) is 0. The molecule has 7 heteroatoms. The predicted molar refractivity (Wildman–Crippen MR) is 116 cm³/mol. The number of allylic oxidation sites excluding steroid dienone is 2. The summed E-state index contributed by atoms with van der Waals surface area (Å²) in [7, 11) is 4.00. The van der Waals surface area contributed by atoms with E-state index in [9.17, 15) is 9.90 Å². The minimum atomic E-state index is -0.355. The fourth-order valence-corrected chi connectivity index (χ4v) is 4.15. The van der Waals surface area contributed by atoms with Crippen LogP contribution in [0.25, 0.3) is 11.4 Å². The number of nitrogens with zero attached hydrogens (tertiary/aromatic N) is 4. The Bertz CT molecular complexity index is 1140. The van der Waals surface area contributed by atoms with Crippen molar-refractivity contribution in [2.45, 2.75) is 25.3 Å². The number of hydrogen-bond donors (Lipinski definition) is 2. The monoisotopic (exact) mass is 401 g/mol. The van der Waals surface area contributed by atoms with E-state index >= 15 is 0 Å². The Balaban J connectivity index is 1.61. The van der Waals surface area contributed by atoms with Crippen LogP contribution in [0, 0.1) is 0 Å². The molecule has 1 atom stereocenters. The second-order valence-corrected chi connectivity index (χ2v) is 7.93. The highest BCUT2D eigenvalue weighted by Crippen LogP contribution is 2.40. The second kappa shape index (κ2) is 7.02. The van der Waals surface area contributed by atoms with Crippen LogP contribution in [0.3, 0.4) is 0 Å². The summed E-state index contributed by atoms with van der Waals surface area (Å²) >= 11 is 0. The molecule has 2 N–H and O–H groups in total. The highest BCUT2D eigenvalue weighted by Gasteiger charge is 2.36. The van der Waals surface area contributed by atoms with Crippen LogP contribution in [-0.4, -0.2) is 39.7 Å². The van der Waals surface area contributed by atoms with Gasteiger partial charge in [-0.2, -0.15) is 4.98 Å². The molecule has 1 aliphatic carbocycles. The Labute approximate surface area is 174 Å². The van der Waals surface area contributed by atoms with Gasteiger partial charge < -0.3 is 15.3 Å². The van der Waals surface area contributed by atoms with Crippen molar-refractivity contribution in [1.82, 2.24) is 14.8 Å². The first-order valence-electron chi connectivity index (χ1n) is 10.1. The van der Waals surface area contributed by atoms with Crippen LogP contribution in [0.5, 0.6) is 5.75 Å². The molecule has 1 unspecified atom stereocenters. The largest absolute Gasteiger partial charge is 0.508 e. The summed E-state index contributed by atoms with van der Waals surface area (Å²) in [5, 5.41) is 17.9. The van der Waals surface area contributed by atoms with Gasteiger partial charge in [0.15, 0.2) is 11.6 Å². The van der Waals surface area contributed by atoms with Crippen molar-refractivity contribution in [1.29, 1.82) is 0 Å². The summed E-state index contributed by atoms with van der Waals surface area (Å²) in [4.78, 5) is 19.6. The number of carbonyl (C=O) groups excluding carboxylic acids is 1. The van der Waals surface area contributed by atoms with Crippen LogP contribution in [-0.2, 0) is 4.79 Å². The molecule has 0 amide bonds. The average Bonchev–Trinajstić information content (AvgIpc) is 3.17. The van der Waals surface area contributed by atoms with Crippen molar-refractivity contribution >= 4 is 17.4 Å². The van der Waals surface area contributed by atoms with Gasteiger partial charge in [0, 0.05) is 43.0 Å². The van der Waals surface area contributed by atoms with Gasteiger partial charge in [0.2, 0.25) is 5.95 Å². The van der Waals surface area contributed by atoms with E-state index in [-0.39, 0.29) is 17.6 Å². The third kappa shape index (κ3) is 3.03. The lowest BCUT2D eigenvalue weighted by Gasteiger charge is -2.32. The van der Waals surface area contributed by atoms with E-state index in [0.717, 1.165) is 40.9 Å². The molecule has 0 fully saturated rings. The molecule has 2 aromatic carbocycles. The minimum absolute atomic E-state index is 0.139. The standard InChI is InChI=1S/C23H23N5O2/c1-27(2)16-10-6-15(7-11-16)22-25-23-24-18-4-3-5-19(30)20(18)21(28(23)26-22)14-8-12-17(29)13-9-14/h6-13,21,29H,3-5H2,1-2H3,(H,24,25,26). The zero-order chi connectivity index (χ0) is 20.8. The molecule has 0 saturated heterocycles. The SMILES string of the molecule is CN(C)c1ccc(-c2nc3n(n2)C(c2ccc(O)cc2)C2=C(CCCC2=O)N3)cc1. The van der Waals surface area contributed by atoms with E-state index in [1.165, 1.54) is 0 Å². The molecule has 5 rings (SSSR count). The number of rotatable bonds is 3. The molecule has 0 bridgehead atoms. The number of aromatic nitrogens is 3. The van der Waals surface area contributed by atoms with Gasteiger partial charge >= 0.3 is 0 Å². The molecule has 30 heavy (non-hydrogen) atoms. The van der Waals surface area contributed by atoms with E-state index in [0.29, 0.717) is 18.2 Å². The van der Waals surface area contributed by atoms with Crippen LogP contribution >= 0.6 is 0 Å². The molecule has 3 aromatic rings. The highest BCUT2D eigenvalue weighted by atomic mass is 16.3. The van der Waals surface area contributed by atoms with Crippen LogP contribution in [0.2, 0.25) is 0 Å². The number of anilines is 2. The predicted octanol–water partition coefficient (Wildman–Crippen LogP) is 3.74. The van der Waals surface area contributed by atoms with E-state index in [4.69, 9.17) is 10.1 Å². The summed E-state index contributed by atoms with van der Waals surface area (Å²) in [6.07, 6.45) is 2.19. The summed E-state index contributed by atoms with van der Waals surface area (Å²) in [5.74, 6) is 1.57. The van der Waals surface area contributed by atoms with Gasteiger partial charge in [0.05, 0.1) is 0 Å². The zero-order valence-corrected chi connectivity index (χ0v) is 17.0. The molecule has 1 aromatic heterocycles. The van der Waals surface area contributed by atoms with E-state index in [1.54, 1.807) is 16.8 Å². The van der Waals surface area contributed by atoms with Crippen molar-refractivity contribution < 1.29 is 9.90 Å². The summed E-state index contributed by atoms with van der Waals surface area (Å²) < 4.78 is 1.80. The number of fused-ring (bicyclic) bond motifs is 1. The first kappa shape index (κ1) is 18.4. The average molecular weight is 401 g/mol. The van der Waals surface area contributed by atoms with Crippen LogP contribution in [0.4, 0.5) is 11.6 Å². The summed E-state index contributed by atoms with van der Waals surface area (Å²) in [5.41, 5.74) is 4.60. The fraction of sp³-hybridized carbons (Fsp3) is 0.261. The van der Waals surface area contributed by atoms with Gasteiger partial charge in [-0.15, -0.1) is 5.10 Å². The Hall–Kier alpha value is -3.61. The number of carbonyl (C=O) groups is 1. The normalized spacial score (nSPS) is 17.9. The highest BCUT2D eigenvalue weighted by molar-refractivity contribution is 5.99. The maximum absolute atomic E-state index is 12.9. The quantitative estimate of drug-likeness (QED) is 0.696. The molecular weight excluding hydrogens is 378 g/mol. The Kier molecular flexibility index (Phi) is 4.31. The molecule has 0 saturated carbocycles. The number of hydrogen-bond acceptors (Lipinski definition) is 6. The van der Waals surface area contributed by atoms with Crippen molar-refractivity contribution in [3.63, 3.8) is 0 Å². The maximum atomic E-state index is 12.9. The first-order valence-corrected chi connectivity index (χ1v) is 10.1. The second-order valence-electron chi connectivity index (χ2n) is 7.93. The van der Waals surface area contributed by atoms with E-state index in [2.05, 4.69) is 5.32 Å². The minimum Gasteiger partial charge on any atom is -0.508 e. The molecule has 2 heterocycles. The fourth-order valence-electron chi connectivity index (χ4n) is 4.15. The molecule has 1 aliphatic heterocycles.